The molecular weight excluding hydrogens is 305 g/mol. The Kier molecular flexibility index (Phi) is 3.45. The quantitative estimate of drug-likeness (QED) is 0.874. The van der Waals surface area contributed by atoms with Gasteiger partial charge in [0.15, 0.2) is 5.15 Å². The Bertz CT molecular complexity index is 681. The molecule has 1 aromatic heterocycles. The lowest BCUT2D eigenvalue weighted by Crippen LogP contribution is -2.24. The molecular formula is C14H12ClF3N2O. The summed E-state index contributed by atoms with van der Waals surface area (Å²) in [4.78, 5) is 4.17. The van der Waals surface area contributed by atoms with Crippen molar-refractivity contribution in [2.75, 3.05) is 0 Å². The molecule has 1 atom stereocenters. The second kappa shape index (κ2) is 5.03. The normalized spacial score (nSPS) is 18.6. The SMILES string of the molecule is OC1CCc2c(Cl)nc(-c3cccc(C(F)(F)F)c3)n2C1. The van der Waals surface area contributed by atoms with Gasteiger partial charge in [0.1, 0.15) is 5.82 Å². The number of halogens is 4. The monoisotopic (exact) mass is 316 g/mol. The van der Waals surface area contributed by atoms with Crippen molar-refractivity contribution in [3.05, 3.63) is 40.7 Å². The molecule has 1 N–H and O–H groups in total. The van der Waals surface area contributed by atoms with Crippen LogP contribution in [0.2, 0.25) is 5.15 Å². The van der Waals surface area contributed by atoms with Crippen molar-refractivity contribution in [1.82, 2.24) is 9.55 Å². The summed E-state index contributed by atoms with van der Waals surface area (Å²) in [6.07, 6.45) is -3.80. The predicted octanol–water partition coefficient (Wildman–Crippen LogP) is 3.53. The summed E-state index contributed by atoms with van der Waals surface area (Å²) in [5.41, 5.74) is 0.367. The van der Waals surface area contributed by atoms with Crippen molar-refractivity contribution in [3.8, 4) is 11.4 Å². The highest BCUT2D eigenvalue weighted by Crippen LogP contribution is 2.34. The van der Waals surface area contributed by atoms with Gasteiger partial charge in [0.2, 0.25) is 0 Å². The highest BCUT2D eigenvalue weighted by atomic mass is 35.5. The van der Waals surface area contributed by atoms with Gasteiger partial charge in [0, 0.05) is 5.56 Å². The predicted molar refractivity (Wildman–Crippen MR) is 72.0 cm³/mol. The van der Waals surface area contributed by atoms with E-state index in [1.165, 1.54) is 6.07 Å². The van der Waals surface area contributed by atoms with Gasteiger partial charge in [-0.3, -0.25) is 0 Å². The van der Waals surface area contributed by atoms with Crippen molar-refractivity contribution in [2.45, 2.75) is 31.7 Å². The molecule has 7 heteroatoms. The van der Waals surface area contributed by atoms with Gasteiger partial charge < -0.3 is 9.67 Å². The summed E-state index contributed by atoms with van der Waals surface area (Å²) < 4.78 is 40.1. The van der Waals surface area contributed by atoms with E-state index in [1.807, 2.05) is 0 Å². The van der Waals surface area contributed by atoms with Crippen LogP contribution >= 0.6 is 11.6 Å². The number of fused-ring (bicyclic) bond motifs is 1. The van der Waals surface area contributed by atoms with Crippen molar-refractivity contribution in [1.29, 1.82) is 0 Å². The number of aliphatic hydroxyl groups excluding tert-OH is 1. The first-order valence-electron chi connectivity index (χ1n) is 6.47. The van der Waals surface area contributed by atoms with Gasteiger partial charge in [0.05, 0.1) is 23.9 Å². The van der Waals surface area contributed by atoms with Gasteiger partial charge >= 0.3 is 6.18 Å². The third-order valence-electron chi connectivity index (χ3n) is 3.58. The van der Waals surface area contributed by atoms with Gasteiger partial charge in [-0.2, -0.15) is 13.2 Å². The van der Waals surface area contributed by atoms with Crippen LogP contribution in [-0.2, 0) is 19.1 Å². The molecule has 0 amide bonds. The zero-order valence-electron chi connectivity index (χ0n) is 10.9. The Morgan fingerprint density at radius 2 is 2.10 bits per heavy atom. The topological polar surface area (TPSA) is 38.1 Å². The molecule has 1 aliphatic rings. The molecule has 1 aliphatic heterocycles. The average Bonchev–Trinajstić information content (AvgIpc) is 2.75. The third-order valence-corrected chi connectivity index (χ3v) is 3.88. The van der Waals surface area contributed by atoms with Crippen LogP contribution in [-0.4, -0.2) is 20.8 Å². The molecule has 1 aromatic carbocycles. The second-order valence-corrected chi connectivity index (χ2v) is 5.41. The molecule has 2 heterocycles. The second-order valence-electron chi connectivity index (χ2n) is 5.05. The van der Waals surface area contributed by atoms with Gasteiger partial charge in [-0.15, -0.1) is 0 Å². The summed E-state index contributed by atoms with van der Waals surface area (Å²) in [7, 11) is 0. The molecule has 112 valence electrons. The number of hydrogen-bond donors (Lipinski definition) is 1. The number of aromatic nitrogens is 2. The van der Waals surface area contributed by atoms with E-state index >= 15 is 0 Å². The molecule has 1 unspecified atom stereocenters. The summed E-state index contributed by atoms with van der Waals surface area (Å²) in [5.74, 6) is 0.361. The van der Waals surface area contributed by atoms with Crippen molar-refractivity contribution in [3.63, 3.8) is 0 Å². The van der Waals surface area contributed by atoms with Crippen LogP contribution in [0.5, 0.6) is 0 Å². The Hall–Kier alpha value is -1.53. The minimum absolute atomic E-state index is 0.286. The summed E-state index contributed by atoms with van der Waals surface area (Å²) in [6, 6.07) is 4.96. The lowest BCUT2D eigenvalue weighted by molar-refractivity contribution is -0.137. The van der Waals surface area contributed by atoms with Crippen molar-refractivity contribution >= 4 is 11.6 Å². The minimum atomic E-state index is -4.41. The maximum atomic E-state index is 12.8. The molecule has 3 rings (SSSR count). The van der Waals surface area contributed by atoms with E-state index < -0.39 is 17.8 Å². The molecule has 0 fully saturated rings. The highest BCUT2D eigenvalue weighted by molar-refractivity contribution is 6.30. The first-order valence-corrected chi connectivity index (χ1v) is 6.84. The number of aliphatic hydroxyl groups is 1. The van der Waals surface area contributed by atoms with Crippen molar-refractivity contribution in [2.24, 2.45) is 0 Å². The van der Waals surface area contributed by atoms with Crippen LogP contribution in [0.4, 0.5) is 13.2 Å². The molecule has 2 aromatic rings. The Morgan fingerprint density at radius 1 is 1.33 bits per heavy atom. The summed E-state index contributed by atoms with van der Waals surface area (Å²) in [5, 5.41) is 10.0. The van der Waals surface area contributed by atoms with Crippen LogP contribution in [0.25, 0.3) is 11.4 Å². The van der Waals surface area contributed by atoms with Crippen LogP contribution in [0.1, 0.15) is 17.7 Å². The average molecular weight is 317 g/mol. The fraction of sp³-hybridized carbons (Fsp3) is 0.357. The first-order chi connectivity index (χ1) is 9.86. The van der Waals surface area contributed by atoms with Crippen LogP contribution in [0, 0.1) is 0 Å². The number of nitrogens with zero attached hydrogens (tertiary/aromatic N) is 2. The van der Waals surface area contributed by atoms with Gasteiger partial charge in [0.25, 0.3) is 0 Å². The lowest BCUT2D eigenvalue weighted by atomic mass is 10.1. The third kappa shape index (κ3) is 2.65. The lowest BCUT2D eigenvalue weighted by Gasteiger charge is -2.21. The molecule has 0 radical (unpaired) electrons. The summed E-state index contributed by atoms with van der Waals surface area (Å²) >= 11 is 6.05. The van der Waals surface area contributed by atoms with Crippen LogP contribution < -0.4 is 0 Å². The van der Waals surface area contributed by atoms with E-state index in [0.29, 0.717) is 30.8 Å². The van der Waals surface area contributed by atoms with E-state index in [-0.39, 0.29) is 5.15 Å². The maximum Gasteiger partial charge on any atom is 0.416 e. The molecule has 0 saturated heterocycles. The molecule has 0 bridgehead atoms. The van der Waals surface area contributed by atoms with Crippen LogP contribution in [0.3, 0.4) is 0 Å². The van der Waals surface area contributed by atoms with E-state index in [0.717, 1.165) is 17.8 Å². The fourth-order valence-corrected chi connectivity index (χ4v) is 2.83. The van der Waals surface area contributed by atoms with E-state index in [9.17, 15) is 18.3 Å². The zero-order valence-corrected chi connectivity index (χ0v) is 11.6. The largest absolute Gasteiger partial charge is 0.416 e. The van der Waals surface area contributed by atoms with Gasteiger partial charge in [-0.25, -0.2) is 4.98 Å². The molecule has 0 aliphatic carbocycles. The minimum Gasteiger partial charge on any atom is -0.391 e. The maximum absolute atomic E-state index is 12.8. The van der Waals surface area contributed by atoms with Crippen molar-refractivity contribution < 1.29 is 18.3 Å². The molecule has 0 saturated carbocycles. The highest BCUT2D eigenvalue weighted by Gasteiger charge is 2.31. The number of benzene rings is 1. The van der Waals surface area contributed by atoms with E-state index in [4.69, 9.17) is 11.6 Å². The zero-order chi connectivity index (χ0) is 15.2. The van der Waals surface area contributed by atoms with Gasteiger partial charge in [-0.05, 0) is 25.0 Å². The first kappa shape index (κ1) is 14.4. The standard InChI is InChI=1S/C14H12ClF3N2O/c15-12-11-5-4-10(21)7-20(11)13(19-12)8-2-1-3-9(6-8)14(16,17)18/h1-3,6,10,21H,4-5,7H2. The van der Waals surface area contributed by atoms with Crippen LogP contribution in [0.15, 0.2) is 24.3 Å². The van der Waals surface area contributed by atoms with E-state index in [2.05, 4.69) is 4.98 Å². The number of imidazole rings is 1. The number of alkyl halides is 3. The number of rotatable bonds is 1. The molecule has 0 spiro atoms. The van der Waals surface area contributed by atoms with E-state index in [1.54, 1.807) is 10.6 Å². The molecule has 3 nitrogen and oxygen atoms in total. The summed E-state index contributed by atoms with van der Waals surface area (Å²) in [6.45, 7) is 0.292. The fourth-order valence-electron chi connectivity index (χ4n) is 2.55. The molecule has 21 heavy (non-hydrogen) atoms. The Labute approximate surface area is 124 Å². The van der Waals surface area contributed by atoms with Gasteiger partial charge in [-0.1, -0.05) is 23.7 Å². The number of hydrogen-bond acceptors (Lipinski definition) is 2. The Morgan fingerprint density at radius 3 is 2.81 bits per heavy atom. The Balaban J connectivity index is 2.10. The smallest absolute Gasteiger partial charge is 0.391 e.